The van der Waals surface area contributed by atoms with Crippen LogP contribution in [0.15, 0.2) is 182 Å². The van der Waals surface area contributed by atoms with Gasteiger partial charge in [-0.3, -0.25) is 4.79 Å². The van der Waals surface area contributed by atoms with Crippen LogP contribution in [0.5, 0.6) is 0 Å². The fourth-order valence-corrected chi connectivity index (χ4v) is 16.2. The Labute approximate surface area is 634 Å². The molecule has 108 heavy (non-hydrogen) atoms. The summed E-state index contributed by atoms with van der Waals surface area (Å²) in [6.45, 7) is 23.0. The van der Waals surface area contributed by atoms with Gasteiger partial charge < -0.3 is 99.5 Å². The maximum atomic E-state index is 13.3. The van der Waals surface area contributed by atoms with Gasteiger partial charge in [0, 0.05) is 36.2 Å². The van der Waals surface area contributed by atoms with E-state index in [-0.39, 0.29) is 70.3 Å². The molecule has 0 amide bonds. The number of ether oxygens (including phenoxy) is 21. The third kappa shape index (κ3) is 18.5. The molecule has 0 spiro atoms. The first-order valence-electron chi connectivity index (χ1n) is 38.6. The standard InChI is InChI=1S/C86H108O22/c1-51-42-93-82(76(92-47-64-38-26-16-27-39-64)67(51)100-84-78-86(50-94-84,49-89-44-61-32-20-13-21-33-61)108-81(105-78)65-40-28-17-29-41-65)103-71-58(8)97-79(102-73-57(7)95-56(6)72(98-59(9)87)75(73)104-83-77-70(52(2)55(5)96-83)106-85(10,11)107-77)54(4)69(71)101-80-53(3)68(90-45-62-34-22-14-23-35-62)74(91-46-63-36-24-15-25-37-63)66(99-80)48-88-43-60-30-18-12-19-31-60/h12-41,51-58,66-84H,42-50H2,1-11H3/t51-,52+,53-,54+,55?,56?,57-,58?,66?,67?,68+,69?,70?,71+,72+,73+,74?,75?,76-,77+,78?,79+,80+,81+,82+,83+,84+,86-/m1/s1. The summed E-state index contributed by atoms with van der Waals surface area (Å²) in [7, 11) is 0. The largest absolute Gasteiger partial charge is 0.457 e. The van der Waals surface area contributed by atoms with Crippen LogP contribution in [0.1, 0.15) is 116 Å². The van der Waals surface area contributed by atoms with Crippen molar-refractivity contribution in [1.29, 1.82) is 0 Å². The zero-order chi connectivity index (χ0) is 75.1. The molecule has 0 aliphatic carbocycles. The van der Waals surface area contributed by atoms with Gasteiger partial charge in [0.1, 0.15) is 54.4 Å². The van der Waals surface area contributed by atoms with Crippen molar-refractivity contribution in [3.8, 4) is 0 Å². The van der Waals surface area contributed by atoms with Gasteiger partial charge in [-0.05, 0) is 69.4 Å². The summed E-state index contributed by atoms with van der Waals surface area (Å²) >= 11 is 0. The second-order valence-electron chi connectivity index (χ2n) is 30.8. The fourth-order valence-electron chi connectivity index (χ4n) is 16.2. The van der Waals surface area contributed by atoms with Crippen LogP contribution in [-0.2, 0) is 137 Å². The van der Waals surface area contributed by atoms with Crippen molar-refractivity contribution in [3.05, 3.63) is 215 Å². The molecule has 0 N–H and O–H groups in total. The van der Waals surface area contributed by atoms with E-state index in [1.807, 2.05) is 230 Å². The first-order chi connectivity index (χ1) is 52.3. The van der Waals surface area contributed by atoms with Crippen LogP contribution >= 0.6 is 0 Å². The van der Waals surface area contributed by atoms with Gasteiger partial charge in [0.05, 0.1) is 108 Å². The van der Waals surface area contributed by atoms with Crippen molar-refractivity contribution in [2.24, 2.45) is 23.7 Å². The highest BCUT2D eigenvalue weighted by molar-refractivity contribution is 5.66. The fraction of sp³-hybridized carbons (Fsp3) is 0.570. The Kier molecular flexibility index (Phi) is 26.1. The minimum Gasteiger partial charge on any atom is -0.457 e. The van der Waals surface area contributed by atoms with Gasteiger partial charge in [0.25, 0.3) is 0 Å². The Bertz CT molecular complexity index is 3720. The second kappa shape index (κ2) is 35.8. The summed E-state index contributed by atoms with van der Waals surface area (Å²) in [6, 6.07) is 60.0. The summed E-state index contributed by atoms with van der Waals surface area (Å²) in [5.41, 5.74) is 4.71. The highest BCUT2D eigenvalue weighted by Crippen LogP contribution is 2.49. The van der Waals surface area contributed by atoms with Gasteiger partial charge in [0.2, 0.25) is 0 Å². The summed E-state index contributed by atoms with van der Waals surface area (Å²) in [5.74, 6) is -2.98. The van der Waals surface area contributed by atoms with E-state index in [4.69, 9.17) is 99.5 Å². The average molecular weight is 1490 g/mol. The van der Waals surface area contributed by atoms with Crippen LogP contribution in [0.3, 0.4) is 0 Å². The Morgan fingerprint density at radius 2 is 0.861 bits per heavy atom. The molecule has 14 rings (SSSR count). The number of carbonyl (C=O) groups excluding carboxylic acids is 1. The van der Waals surface area contributed by atoms with Crippen LogP contribution in [0.2, 0.25) is 0 Å². The highest BCUT2D eigenvalue weighted by atomic mass is 16.8. The molecule has 584 valence electrons. The minimum atomic E-state index is -1.12. The van der Waals surface area contributed by atoms with E-state index in [0.717, 1.165) is 33.4 Å². The molecule has 0 bridgehead atoms. The third-order valence-corrected chi connectivity index (χ3v) is 22.2. The van der Waals surface area contributed by atoms with E-state index >= 15 is 0 Å². The molecule has 0 aromatic heterocycles. The van der Waals surface area contributed by atoms with Crippen molar-refractivity contribution in [2.45, 2.75) is 262 Å². The summed E-state index contributed by atoms with van der Waals surface area (Å²) in [4.78, 5) is 13.3. The summed E-state index contributed by atoms with van der Waals surface area (Å²) < 4.78 is 147. The molecule has 6 aromatic rings. The van der Waals surface area contributed by atoms with Crippen molar-refractivity contribution in [1.82, 2.24) is 0 Å². The zero-order valence-corrected chi connectivity index (χ0v) is 63.8. The molecule has 0 radical (unpaired) electrons. The first kappa shape index (κ1) is 78.7. The lowest BCUT2D eigenvalue weighted by Gasteiger charge is -2.52. The van der Waals surface area contributed by atoms with Gasteiger partial charge >= 0.3 is 5.97 Å². The predicted octanol–water partition coefficient (Wildman–Crippen LogP) is 12.7. The average Bonchev–Trinajstić information content (AvgIpc) is 1.57. The van der Waals surface area contributed by atoms with Crippen LogP contribution in [0.4, 0.5) is 0 Å². The molecular weight excluding hydrogens is 1380 g/mol. The monoisotopic (exact) mass is 1490 g/mol. The molecule has 10 unspecified atom stereocenters. The SMILES string of the molecule is CC(=O)O[C@H]1C(C)O[C@H](C)[C@H](O[C@@H]2OC(C)[C@H](O[C@@H]3OC[C@@H](C)C(O[C@@H]4OC[C@@]5(COCc6ccccc6)O[C@@H](c6ccccc6)OC45)[C@H]3OCc3ccccc3)C(O[C@@H]3OC(COCc4ccccc4)C(OCc4ccccc4)[C@@H](OCc4ccccc4)[C@H]3C)[C@@H]2C)C1O[C@@H]1OC(C)[C@H](C)C2OC(C)(C)O[C@@H]21. The van der Waals surface area contributed by atoms with Crippen LogP contribution in [-0.4, -0.2) is 179 Å². The molecule has 22 heteroatoms. The first-order valence-corrected chi connectivity index (χ1v) is 38.6. The van der Waals surface area contributed by atoms with E-state index in [1.165, 1.54) is 6.92 Å². The Morgan fingerprint density at radius 1 is 0.398 bits per heavy atom. The van der Waals surface area contributed by atoms with Crippen molar-refractivity contribution in [2.75, 3.05) is 26.4 Å². The molecule has 8 heterocycles. The second-order valence-corrected chi connectivity index (χ2v) is 30.8. The Hall–Kier alpha value is -6.01. The normalized spacial score (nSPS) is 38.0. The van der Waals surface area contributed by atoms with E-state index in [2.05, 4.69) is 20.8 Å². The van der Waals surface area contributed by atoms with Crippen LogP contribution < -0.4 is 0 Å². The van der Waals surface area contributed by atoms with Gasteiger partial charge in [-0.1, -0.05) is 210 Å². The van der Waals surface area contributed by atoms with E-state index < -0.39 is 158 Å². The molecule has 6 aromatic carbocycles. The number of fused-ring (bicyclic) bond motifs is 2. The Morgan fingerprint density at radius 3 is 1.46 bits per heavy atom. The molecule has 8 saturated heterocycles. The number of benzene rings is 6. The van der Waals surface area contributed by atoms with Crippen LogP contribution in [0, 0.1) is 23.7 Å². The van der Waals surface area contributed by atoms with E-state index in [1.54, 1.807) is 0 Å². The minimum absolute atomic E-state index is 0.0361. The Balaban J connectivity index is 0.806. The highest BCUT2D eigenvalue weighted by Gasteiger charge is 2.63. The van der Waals surface area contributed by atoms with Gasteiger partial charge in [-0.25, -0.2) is 0 Å². The van der Waals surface area contributed by atoms with Gasteiger partial charge in [-0.2, -0.15) is 0 Å². The van der Waals surface area contributed by atoms with Gasteiger partial charge in [-0.15, -0.1) is 0 Å². The molecular formula is C86H108O22. The van der Waals surface area contributed by atoms with Crippen LogP contribution in [0.25, 0.3) is 0 Å². The molecule has 8 fully saturated rings. The van der Waals surface area contributed by atoms with Crippen molar-refractivity contribution >= 4 is 5.97 Å². The number of carbonyl (C=O) groups is 1. The van der Waals surface area contributed by atoms with Crippen molar-refractivity contribution < 1.29 is 104 Å². The zero-order valence-electron chi connectivity index (χ0n) is 63.8. The number of esters is 1. The molecule has 8 aliphatic heterocycles. The van der Waals surface area contributed by atoms with E-state index in [9.17, 15) is 4.79 Å². The smallest absolute Gasteiger partial charge is 0.303 e. The quantitative estimate of drug-likeness (QED) is 0.0400. The third-order valence-electron chi connectivity index (χ3n) is 22.2. The lowest BCUT2D eigenvalue weighted by Crippen LogP contribution is -2.65. The topological polar surface area (TPSA) is 211 Å². The van der Waals surface area contributed by atoms with Crippen molar-refractivity contribution in [3.63, 3.8) is 0 Å². The lowest BCUT2D eigenvalue weighted by molar-refractivity contribution is -0.387. The number of rotatable bonds is 29. The summed E-state index contributed by atoms with van der Waals surface area (Å²) in [6.07, 6.45) is -18.4. The summed E-state index contributed by atoms with van der Waals surface area (Å²) in [5, 5.41) is 0. The molecule has 8 aliphatic rings. The molecule has 0 saturated carbocycles. The van der Waals surface area contributed by atoms with Gasteiger partial charge in [0.15, 0.2) is 49.6 Å². The van der Waals surface area contributed by atoms with E-state index in [0.29, 0.717) is 13.2 Å². The predicted molar refractivity (Wildman–Crippen MR) is 392 cm³/mol. The molecule has 28 atom stereocenters. The number of hydrogen-bond donors (Lipinski definition) is 0. The lowest BCUT2D eigenvalue weighted by atomic mass is 9.89. The number of hydrogen-bond acceptors (Lipinski definition) is 22. The maximum Gasteiger partial charge on any atom is 0.303 e. The molecule has 22 nitrogen and oxygen atoms in total. The maximum absolute atomic E-state index is 13.3.